The maximum atomic E-state index is 12.4. The Morgan fingerprint density at radius 2 is 2.10 bits per heavy atom. The van der Waals surface area contributed by atoms with Crippen molar-refractivity contribution < 1.29 is 16.4 Å². The summed E-state index contributed by atoms with van der Waals surface area (Å²) < 4.78 is 46.5. The van der Waals surface area contributed by atoms with Gasteiger partial charge in [-0.15, -0.1) is 0 Å². The second kappa shape index (κ2) is 7.80. The largest absolute Gasteiger partial charge is 0.445 e. The lowest BCUT2D eigenvalue weighted by atomic mass is 9.72. The molecule has 30 heavy (non-hydrogen) atoms. The van der Waals surface area contributed by atoms with E-state index in [0.717, 1.165) is 19.4 Å². The van der Waals surface area contributed by atoms with Gasteiger partial charge >= 0.3 is 6.09 Å². The van der Waals surface area contributed by atoms with Crippen molar-refractivity contribution in [1.29, 1.82) is 0 Å². The van der Waals surface area contributed by atoms with E-state index < -0.39 is 24.2 Å². The third-order valence-electron chi connectivity index (χ3n) is 6.55. The number of benzene rings is 2. The average Bonchev–Trinajstić information content (AvgIpc) is 3.17. The second-order valence-electron chi connectivity index (χ2n) is 8.49. The van der Waals surface area contributed by atoms with Gasteiger partial charge in [0.2, 0.25) is 0 Å². The molecular weight excluding hydrogens is 374 g/mol. The third-order valence-corrected chi connectivity index (χ3v) is 6.55. The number of hydrogen-bond acceptors (Lipinski definition) is 3. The van der Waals surface area contributed by atoms with E-state index in [2.05, 4.69) is 53.3 Å². The van der Waals surface area contributed by atoms with E-state index in [-0.39, 0.29) is 30.2 Å². The topological polar surface area (TPSA) is 46.5 Å². The molecule has 0 spiro atoms. The number of nitrogens with zero attached hydrogens (tertiary/aromatic N) is 2. The lowest BCUT2D eigenvalue weighted by molar-refractivity contribution is 0.104. The molecule has 1 aliphatic carbocycles. The van der Waals surface area contributed by atoms with Gasteiger partial charge in [0.1, 0.15) is 6.61 Å². The molecule has 3 aromatic rings. The molecule has 156 valence electrons. The molecule has 5 heteroatoms. The summed E-state index contributed by atoms with van der Waals surface area (Å²) in [6, 6.07) is 4.92. The molecule has 2 heterocycles. The molecule has 2 aliphatic rings. The van der Waals surface area contributed by atoms with Gasteiger partial charge in [-0.05, 0) is 48.6 Å². The minimum absolute atomic E-state index is 0.0274. The molecule has 1 aliphatic heterocycles. The Hall–Kier alpha value is -2.79. The number of alkyl carbamates (subject to hydrolysis) is 1. The number of hydrogen-bond donors (Lipinski definition) is 1. The van der Waals surface area contributed by atoms with Crippen molar-refractivity contribution in [3.63, 3.8) is 0 Å². The Labute approximate surface area is 184 Å². The van der Waals surface area contributed by atoms with Gasteiger partial charge in [0.15, 0.2) is 0 Å². The molecule has 1 amide bonds. The van der Waals surface area contributed by atoms with Crippen molar-refractivity contribution in [3.8, 4) is 0 Å². The number of likely N-dealkylation sites (N-methyl/N-ethyl adjacent to an activating group) is 1. The van der Waals surface area contributed by atoms with E-state index in [0.29, 0.717) is 18.5 Å². The number of carbonyl (C=O) groups excluding carboxylic acids is 1. The fraction of sp³-hybridized carbons (Fsp3) is 0.400. The first kappa shape index (κ1) is 14.3. The molecule has 1 fully saturated rings. The molecular formula is C25H29N3O2. The van der Waals surface area contributed by atoms with Gasteiger partial charge in [-0.25, -0.2) is 4.79 Å². The minimum Gasteiger partial charge on any atom is -0.445 e. The highest BCUT2D eigenvalue weighted by Gasteiger charge is 2.39. The number of ether oxygens (including phenoxy) is 1. The molecule has 1 saturated heterocycles. The minimum atomic E-state index is -0.655. The van der Waals surface area contributed by atoms with Crippen LogP contribution in [0.15, 0.2) is 54.6 Å². The standard InChI is InChI=1S/C25H29N3O2/c1-27-14-18(13-26-25(29)30-16-17-7-4-3-5-8-17)11-21-20-9-6-10-22-24(20)19(12-23(21)27)15-28(22)2/h3-10,15,18,21,23H,11-14,16H2,1-2H3,(H,26,29)/t18-,21-,23-/m1/s1/i3D,4D,5D,7D,8D. The van der Waals surface area contributed by atoms with Crippen molar-refractivity contribution in [1.82, 2.24) is 14.8 Å². The number of rotatable bonds is 4. The normalized spacial score (nSPS) is 25.5. The number of carbonyl (C=O) groups is 1. The summed E-state index contributed by atoms with van der Waals surface area (Å²) in [6.07, 6.45) is 3.58. The van der Waals surface area contributed by atoms with Gasteiger partial charge in [-0.2, -0.15) is 0 Å². The molecule has 1 aromatic heterocycles. The van der Waals surface area contributed by atoms with Crippen LogP contribution in [-0.2, 0) is 24.8 Å². The Kier molecular flexibility index (Phi) is 3.71. The first-order chi connectivity index (χ1) is 16.7. The Balaban J connectivity index is 1.24. The van der Waals surface area contributed by atoms with Gasteiger partial charge in [0.25, 0.3) is 0 Å². The highest BCUT2D eigenvalue weighted by molar-refractivity contribution is 5.89. The predicted octanol–water partition coefficient (Wildman–Crippen LogP) is 4.06. The van der Waals surface area contributed by atoms with Crippen LogP contribution < -0.4 is 5.32 Å². The molecule has 1 N–H and O–H groups in total. The lowest BCUT2D eigenvalue weighted by Gasteiger charge is -2.45. The molecule has 0 saturated carbocycles. The maximum Gasteiger partial charge on any atom is 0.407 e. The van der Waals surface area contributed by atoms with Crippen LogP contribution in [0.4, 0.5) is 4.79 Å². The van der Waals surface area contributed by atoms with Crippen LogP contribution >= 0.6 is 0 Å². The maximum absolute atomic E-state index is 12.4. The van der Waals surface area contributed by atoms with Gasteiger partial charge in [0.05, 0.1) is 6.85 Å². The zero-order chi connectivity index (χ0) is 25.0. The van der Waals surface area contributed by atoms with Gasteiger partial charge in [0, 0.05) is 49.2 Å². The molecule has 0 radical (unpaired) electrons. The molecule has 5 rings (SSSR count). The highest BCUT2D eigenvalue weighted by atomic mass is 16.5. The zero-order valence-electron chi connectivity index (χ0n) is 22.3. The van der Waals surface area contributed by atoms with Crippen molar-refractivity contribution in [2.75, 3.05) is 20.1 Å². The van der Waals surface area contributed by atoms with Crippen LogP contribution in [0.2, 0.25) is 0 Å². The first-order valence-electron chi connectivity index (χ1n) is 12.9. The molecule has 2 aromatic carbocycles. The summed E-state index contributed by atoms with van der Waals surface area (Å²) in [7, 11) is 4.24. The summed E-state index contributed by atoms with van der Waals surface area (Å²) in [5.74, 6) is 0.635. The number of aromatic nitrogens is 1. The number of aryl methyl sites for hydroxylation is 1. The van der Waals surface area contributed by atoms with Crippen LogP contribution in [0.1, 0.15) is 35.9 Å². The quantitative estimate of drug-likeness (QED) is 0.708. The number of nitrogens with one attached hydrogen (secondary N) is 1. The van der Waals surface area contributed by atoms with Gasteiger partial charge in [-0.1, -0.05) is 42.3 Å². The van der Waals surface area contributed by atoms with E-state index in [9.17, 15) is 4.79 Å². The van der Waals surface area contributed by atoms with Crippen LogP contribution in [0, 0.1) is 5.92 Å². The molecule has 0 unspecified atom stereocenters. The highest BCUT2D eigenvalue weighted by Crippen LogP contribution is 2.44. The number of fused-ring (bicyclic) bond motifs is 2. The monoisotopic (exact) mass is 408 g/mol. The molecule has 5 nitrogen and oxygen atoms in total. The van der Waals surface area contributed by atoms with E-state index in [4.69, 9.17) is 11.6 Å². The SMILES string of the molecule is [2H]c1c([2H])c([2H])c(COC(=O)NC[C@H]2C[C@@H]3c4cccc5c4c(cn5C)C[C@H]3N(C)C2)c([2H])c1[2H]. The average molecular weight is 409 g/mol. The second-order valence-corrected chi connectivity index (χ2v) is 8.49. The van der Waals surface area contributed by atoms with Gasteiger partial charge in [-0.3, -0.25) is 0 Å². The Morgan fingerprint density at radius 1 is 1.27 bits per heavy atom. The van der Waals surface area contributed by atoms with E-state index in [1.54, 1.807) is 0 Å². The van der Waals surface area contributed by atoms with Crippen LogP contribution in [0.25, 0.3) is 10.9 Å². The fourth-order valence-corrected chi connectivity index (χ4v) is 5.24. The number of amides is 1. The summed E-state index contributed by atoms with van der Waals surface area (Å²) in [4.78, 5) is 14.8. The van der Waals surface area contributed by atoms with Crippen molar-refractivity contribution in [2.45, 2.75) is 31.4 Å². The van der Waals surface area contributed by atoms with E-state index >= 15 is 0 Å². The number of piperidine rings is 1. The first-order valence-corrected chi connectivity index (χ1v) is 10.4. The summed E-state index contributed by atoms with van der Waals surface area (Å²) in [5, 5.41) is 4.19. The zero-order valence-corrected chi connectivity index (χ0v) is 17.3. The summed E-state index contributed by atoms with van der Waals surface area (Å²) in [6.45, 7) is 0.933. The molecule has 0 bridgehead atoms. The van der Waals surface area contributed by atoms with E-state index in [1.807, 2.05) is 0 Å². The van der Waals surface area contributed by atoms with Crippen molar-refractivity contribution >= 4 is 17.0 Å². The summed E-state index contributed by atoms with van der Waals surface area (Å²) in [5.41, 5.74) is 4.02. The smallest absolute Gasteiger partial charge is 0.407 e. The fourth-order valence-electron chi connectivity index (χ4n) is 5.24. The Morgan fingerprint density at radius 3 is 2.93 bits per heavy atom. The Bertz CT molecular complexity index is 1300. The van der Waals surface area contributed by atoms with Crippen molar-refractivity contribution in [2.24, 2.45) is 13.0 Å². The van der Waals surface area contributed by atoms with Crippen LogP contribution in [0.3, 0.4) is 0 Å². The number of likely N-dealkylation sites (tertiary alicyclic amines) is 1. The van der Waals surface area contributed by atoms with E-state index in [1.165, 1.54) is 22.0 Å². The third kappa shape index (κ3) is 3.47. The van der Waals surface area contributed by atoms with Crippen LogP contribution in [0.5, 0.6) is 0 Å². The summed E-state index contributed by atoms with van der Waals surface area (Å²) >= 11 is 0. The van der Waals surface area contributed by atoms with Gasteiger partial charge < -0.3 is 19.5 Å². The molecule has 3 atom stereocenters. The predicted molar refractivity (Wildman–Crippen MR) is 119 cm³/mol. The van der Waals surface area contributed by atoms with Crippen LogP contribution in [-0.4, -0.2) is 41.7 Å². The van der Waals surface area contributed by atoms with Crippen molar-refractivity contribution in [3.05, 3.63) is 71.3 Å². The lowest BCUT2D eigenvalue weighted by Crippen LogP contribution is -2.50.